The Bertz CT molecular complexity index is 830. The van der Waals surface area contributed by atoms with E-state index in [1.54, 1.807) is 12.1 Å². The summed E-state index contributed by atoms with van der Waals surface area (Å²) in [6, 6.07) is 14.4. The van der Waals surface area contributed by atoms with Crippen molar-refractivity contribution in [2.45, 2.75) is 18.9 Å². The van der Waals surface area contributed by atoms with Crippen molar-refractivity contribution in [3.63, 3.8) is 0 Å². The molecule has 1 atom stereocenters. The number of amides is 1. The van der Waals surface area contributed by atoms with Crippen molar-refractivity contribution in [3.05, 3.63) is 69.8 Å². The molecular weight excluding hydrogens is 356 g/mol. The van der Waals surface area contributed by atoms with Crippen molar-refractivity contribution in [1.29, 1.82) is 0 Å². The third-order valence-electron chi connectivity index (χ3n) is 5.18. The summed E-state index contributed by atoms with van der Waals surface area (Å²) in [6.07, 6.45) is 2.29. The summed E-state index contributed by atoms with van der Waals surface area (Å²) in [6.45, 7) is 2.38. The van der Waals surface area contributed by atoms with E-state index in [-0.39, 0.29) is 17.3 Å². The van der Waals surface area contributed by atoms with E-state index in [0.717, 1.165) is 37.2 Å². The fourth-order valence-electron chi connectivity index (χ4n) is 3.62. The fraction of sp³-hybridized carbons (Fsp3) is 0.381. The van der Waals surface area contributed by atoms with Gasteiger partial charge in [0.15, 0.2) is 0 Å². The summed E-state index contributed by atoms with van der Waals surface area (Å²) < 4.78 is 0. The Hall–Kier alpha value is -2.93. The largest absolute Gasteiger partial charge is 0.378 e. The molecule has 1 N–H and O–H groups in total. The predicted molar refractivity (Wildman–Crippen MR) is 110 cm³/mol. The van der Waals surface area contributed by atoms with Crippen LogP contribution in [0.3, 0.4) is 0 Å². The summed E-state index contributed by atoms with van der Waals surface area (Å²) in [7, 11) is 4.00. The second-order valence-corrected chi connectivity index (χ2v) is 7.23. The Morgan fingerprint density at radius 3 is 2.39 bits per heavy atom. The number of rotatable bonds is 7. The first-order valence-electron chi connectivity index (χ1n) is 9.50. The second-order valence-electron chi connectivity index (χ2n) is 7.23. The molecule has 28 heavy (non-hydrogen) atoms. The molecule has 2 aromatic carbocycles. The molecule has 0 bridgehead atoms. The van der Waals surface area contributed by atoms with Crippen molar-refractivity contribution in [1.82, 2.24) is 10.2 Å². The van der Waals surface area contributed by atoms with Crippen molar-refractivity contribution in [3.8, 4) is 0 Å². The number of para-hydroxylation sites is 1. The molecule has 148 valence electrons. The van der Waals surface area contributed by atoms with Crippen LogP contribution in [0.15, 0.2) is 48.5 Å². The number of hydrogen-bond donors (Lipinski definition) is 1. The SMILES string of the molecule is CN(C)c1ccc(C(CNC(=O)c2ccccc2[N+](=O)[O-])N2CCCC2)cc1. The maximum Gasteiger partial charge on any atom is 0.282 e. The highest BCUT2D eigenvalue weighted by atomic mass is 16.6. The molecule has 3 rings (SSSR count). The minimum absolute atomic E-state index is 0.0467. The lowest BCUT2D eigenvalue weighted by atomic mass is 10.0. The number of carbonyl (C=O) groups is 1. The molecule has 1 saturated heterocycles. The Kier molecular flexibility index (Phi) is 6.26. The summed E-state index contributed by atoms with van der Waals surface area (Å²) in [4.78, 5) is 27.7. The minimum atomic E-state index is -0.521. The van der Waals surface area contributed by atoms with Gasteiger partial charge in [-0.05, 0) is 49.7 Å². The smallest absolute Gasteiger partial charge is 0.282 e. The lowest BCUT2D eigenvalue weighted by Crippen LogP contribution is -2.37. The summed E-state index contributed by atoms with van der Waals surface area (Å²) in [5.74, 6) is -0.415. The molecule has 1 amide bonds. The molecule has 0 spiro atoms. The number of nitrogens with one attached hydrogen (secondary N) is 1. The van der Waals surface area contributed by atoms with Crippen LogP contribution in [-0.2, 0) is 0 Å². The first-order chi connectivity index (χ1) is 13.5. The Morgan fingerprint density at radius 2 is 1.79 bits per heavy atom. The number of nitrogens with zero attached hydrogens (tertiary/aromatic N) is 3. The quantitative estimate of drug-likeness (QED) is 0.588. The van der Waals surface area contributed by atoms with Gasteiger partial charge in [-0.3, -0.25) is 19.8 Å². The third kappa shape index (κ3) is 4.48. The molecule has 7 heteroatoms. The maximum absolute atomic E-state index is 12.6. The number of anilines is 1. The van der Waals surface area contributed by atoms with Crippen LogP contribution in [0.1, 0.15) is 34.8 Å². The lowest BCUT2D eigenvalue weighted by Gasteiger charge is -2.28. The van der Waals surface area contributed by atoms with Crippen LogP contribution in [0, 0.1) is 10.1 Å². The number of nitro benzene ring substituents is 1. The van der Waals surface area contributed by atoms with Crippen molar-refractivity contribution in [2.75, 3.05) is 38.6 Å². The van der Waals surface area contributed by atoms with E-state index < -0.39 is 10.8 Å². The molecule has 0 radical (unpaired) electrons. The molecule has 0 aliphatic carbocycles. The average molecular weight is 382 g/mol. The molecule has 0 saturated carbocycles. The first-order valence-corrected chi connectivity index (χ1v) is 9.50. The number of likely N-dealkylation sites (tertiary alicyclic amines) is 1. The molecular formula is C21H26N4O3. The van der Waals surface area contributed by atoms with Gasteiger partial charge in [0.1, 0.15) is 5.56 Å². The van der Waals surface area contributed by atoms with Crippen LogP contribution < -0.4 is 10.2 Å². The summed E-state index contributed by atoms with van der Waals surface area (Å²) in [5.41, 5.74) is 2.17. The van der Waals surface area contributed by atoms with Gasteiger partial charge >= 0.3 is 0 Å². The Morgan fingerprint density at radius 1 is 1.14 bits per heavy atom. The zero-order chi connectivity index (χ0) is 20.1. The topological polar surface area (TPSA) is 78.7 Å². The van der Waals surface area contributed by atoms with Crippen molar-refractivity contribution < 1.29 is 9.72 Å². The highest BCUT2D eigenvalue weighted by Gasteiger charge is 2.25. The monoisotopic (exact) mass is 382 g/mol. The van der Waals surface area contributed by atoms with Crippen LogP contribution in [0.2, 0.25) is 0 Å². The highest BCUT2D eigenvalue weighted by molar-refractivity contribution is 5.98. The summed E-state index contributed by atoms with van der Waals surface area (Å²) in [5, 5.41) is 14.1. The molecule has 0 aromatic heterocycles. The highest BCUT2D eigenvalue weighted by Crippen LogP contribution is 2.26. The van der Waals surface area contributed by atoms with Gasteiger partial charge < -0.3 is 10.2 Å². The standard InChI is InChI=1S/C21H26N4O3/c1-23(2)17-11-9-16(10-12-17)20(24-13-5-6-14-24)15-22-21(26)18-7-3-4-8-19(18)25(27)28/h3-4,7-12,20H,5-6,13-15H2,1-2H3,(H,22,26). The van der Waals surface area contributed by atoms with Gasteiger partial charge in [-0.15, -0.1) is 0 Å². The van der Waals surface area contributed by atoms with E-state index in [0.29, 0.717) is 6.54 Å². The van der Waals surface area contributed by atoms with Crippen LogP contribution >= 0.6 is 0 Å². The maximum atomic E-state index is 12.6. The van der Waals surface area contributed by atoms with E-state index in [1.807, 2.05) is 19.0 Å². The van der Waals surface area contributed by atoms with E-state index in [1.165, 1.54) is 12.1 Å². The van der Waals surface area contributed by atoms with Crippen LogP contribution in [-0.4, -0.2) is 49.5 Å². The number of benzene rings is 2. The van der Waals surface area contributed by atoms with E-state index in [2.05, 4.69) is 34.5 Å². The van der Waals surface area contributed by atoms with E-state index in [9.17, 15) is 14.9 Å². The molecule has 1 aliphatic heterocycles. The summed E-state index contributed by atoms with van der Waals surface area (Å²) >= 11 is 0. The Labute approximate surface area is 165 Å². The van der Waals surface area contributed by atoms with Crippen LogP contribution in [0.25, 0.3) is 0 Å². The van der Waals surface area contributed by atoms with Gasteiger partial charge in [0.25, 0.3) is 11.6 Å². The van der Waals surface area contributed by atoms with E-state index in [4.69, 9.17) is 0 Å². The molecule has 1 aliphatic rings. The lowest BCUT2D eigenvalue weighted by molar-refractivity contribution is -0.385. The van der Waals surface area contributed by atoms with Gasteiger partial charge in [0.2, 0.25) is 0 Å². The van der Waals surface area contributed by atoms with Crippen molar-refractivity contribution in [2.24, 2.45) is 0 Å². The number of hydrogen-bond acceptors (Lipinski definition) is 5. The molecule has 1 heterocycles. The van der Waals surface area contributed by atoms with Gasteiger partial charge in [-0.25, -0.2) is 0 Å². The average Bonchev–Trinajstić information content (AvgIpc) is 3.22. The van der Waals surface area contributed by atoms with E-state index >= 15 is 0 Å². The minimum Gasteiger partial charge on any atom is -0.378 e. The normalized spacial score (nSPS) is 15.2. The van der Waals surface area contributed by atoms with Gasteiger partial charge in [0, 0.05) is 32.4 Å². The molecule has 1 unspecified atom stereocenters. The number of nitro groups is 1. The van der Waals surface area contributed by atoms with Crippen molar-refractivity contribution >= 4 is 17.3 Å². The fourth-order valence-corrected chi connectivity index (χ4v) is 3.62. The molecule has 2 aromatic rings. The Balaban J connectivity index is 1.77. The molecule has 7 nitrogen and oxygen atoms in total. The first kappa shape index (κ1) is 19.8. The second kappa shape index (κ2) is 8.84. The van der Waals surface area contributed by atoms with Gasteiger partial charge in [-0.2, -0.15) is 0 Å². The number of carbonyl (C=O) groups excluding carboxylic acids is 1. The third-order valence-corrected chi connectivity index (χ3v) is 5.18. The predicted octanol–water partition coefficient (Wildman–Crippen LogP) is 3.23. The zero-order valence-corrected chi connectivity index (χ0v) is 16.3. The molecule has 1 fully saturated rings. The van der Waals surface area contributed by atoms with Crippen LogP contribution in [0.4, 0.5) is 11.4 Å². The van der Waals surface area contributed by atoms with Gasteiger partial charge in [0.05, 0.1) is 11.0 Å². The van der Waals surface area contributed by atoms with Crippen LogP contribution in [0.5, 0.6) is 0 Å². The zero-order valence-electron chi connectivity index (χ0n) is 16.3. The van der Waals surface area contributed by atoms with Gasteiger partial charge in [-0.1, -0.05) is 24.3 Å².